The Morgan fingerprint density at radius 3 is 1.97 bits per heavy atom. The molecule has 0 unspecified atom stereocenters. The Kier molecular flexibility index (Phi) is 10.1. The SMILES string of the molecule is CCN1CC(C(=O)NCCCc2ccc(Cl)c(Cl)c2)=C(CCCCc2ccc(Cl)c(Cl)c2)C1=O. The van der Waals surface area contributed by atoms with Gasteiger partial charge in [-0.25, -0.2) is 0 Å². The molecule has 0 atom stereocenters. The van der Waals surface area contributed by atoms with Crippen LogP contribution in [0.1, 0.15) is 43.7 Å². The zero-order valence-electron chi connectivity index (χ0n) is 19.1. The van der Waals surface area contributed by atoms with Gasteiger partial charge in [0, 0.05) is 24.2 Å². The Balaban J connectivity index is 1.52. The predicted octanol–water partition coefficient (Wildman–Crippen LogP) is 6.92. The first-order valence-electron chi connectivity index (χ1n) is 11.5. The zero-order chi connectivity index (χ0) is 24.7. The van der Waals surface area contributed by atoms with Gasteiger partial charge < -0.3 is 10.2 Å². The van der Waals surface area contributed by atoms with Gasteiger partial charge in [0.1, 0.15) is 0 Å². The van der Waals surface area contributed by atoms with Crippen LogP contribution in [-0.2, 0) is 22.4 Å². The molecule has 1 aliphatic heterocycles. The molecule has 2 aromatic carbocycles. The molecule has 34 heavy (non-hydrogen) atoms. The average Bonchev–Trinajstić information content (AvgIpc) is 3.14. The minimum absolute atomic E-state index is 0.0296. The molecule has 3 rings (SSSR count). The van der Waals surface area contributed by atoms with Gasteiger partial charge in [0.25, 0.3) is 5.91 Å². The molecule has 0 bridgehead atoms. The van der Waals surface area contributed by atoms with Crippen molar-refractivity contribution in [1.82, 2.24) is 10.2 Å². The molecule has 0 aliphatic carbocycles. The summed E-state index contributed by atoms with van der Waals surface area (Å²) < 4.78 is 0. The molecule has 0 fully saturated rings. The predicted molar refractivity (Wildman–Crippen MR) is 141 cm³/mol. The van der Waals surface area contributed by atoms with Gasteiger partial charge in [0.05, 0.1) is 26.6 Å². The lowest BCUT2D eigenvalue weighted by atomic mass is 10.0. The van der Waals surface area contributed by atoms with Crippen molar-refractivity contribution in [2.45, 2.75) is 45.4 Å². The van der Waals surface area contributed by atoms with E-state index >= 15 is 0 Å². The summed E-state index contributed by atoms with van der Waals surface area (Å²) in [5.74, 6) is -0.184. The number of nitrogens with zero attached hydrogens (tertiary/aromatic N) is 1. The number of benzene rings is 2. The summed E-state index contributed by atoms with van der Waals surface area (Å²) in [6.07, 6.45) is 4.67. The molecule has 0 aromatic heterocycles. The van der Waals surface area contributed by atoms with Crippen LogP contribution in [0.5, 0.6) is 0 Å². The number of nitrogens with one attached hydrogen (secondary N) is 1. The van der Waals surface area contributed by atoms with E-state index in [1.54, 1.807) is 17.0 Å². The normalized spacial score (nSPS) is 13.7. The molecule has 8 heteroatoms. The molecule has 1 heterocycles. The van der Waals surface area contributed by atoms with Crippen molar-refractivity contribution in [1.29, 1.82) is 0 Å². The van der Waals surface area contributed by atoms with Crippen molar-refractivity contribution in [2.24, 2.45) is 0 Å². The third kappa shape index (κ3) is 7.14. The van der Waals surface area contributed by atoms with E-state index in [1.165, 1.54) is 0 Å². The van der Waals surface area contributed by atoms with Crippen molar-refractivity contribution in [2.75, 3.05) is 19.6 Å². The van der Waals surface area contributed by atoms with E-state index in [9.17, 15) is 9.59 Å². The van der Waals surface area contributed by atoms with Gasteiger partial charge in [-0.05, 0) is 80.8 Å². The number of amides is 2. The highest BCUT2D eigenvalue weighted by molar-refractivity contribution is 6.42. The molecule has 182 valence electrons. The fourth-order valence-corrected chi connectivity index (χ4v) is 4.66. The number of rotatable bonds is 11. The molecular weight excluding hydrogens is 514 g/mol. The molecule has 2 aromatic rings. The molecule has 0 saturated carbocycles. The summed E-state index contributed by atoms with van der Waals surface area (Å²) in [7, 11) is 0. The quantitative estimate of drug-likeness (QED) is 0.314. The Bertz CT molecular complexity index is 1080. The third-order valence-electron chi connectivity index (χ3n) is 5.95. The Hall–Kier alpha value is -1.72. The van der Waals surface area contributed by atoms with E-state index in [0.717, 1.165) is 43.2 Å². The fraction of sp³-hybridized carbons (Fsp3) is 0.385. The number of likely N-dealkylation sites (N-methyl/N-ethyl adjacent to an activating group) is 1. The highest BCUT2D eigenvalue weighted by Gasteiger charge is 2.32. The van der Waals surface area contributed by atoms with Crippen LogP contribution in [-0.4, -0.2) is 36.3 Å². The minimum Gasteiger partial charge on any atom is -0.352 e. The standard InChI is InChI=1S/C26H28Cl4N2O2/c1-2-32-16-20(25(33)31-13-5-7-18-10-12-22(28)24(30)15-18)19(26(32)34)8-4-3-6-17-9-11-21(27)23(29)14-17/h9-12,14-15H,2-8,13,16H2,1H3,(H,31,33). The van der Waals surface area contributed by atoms with Crippen LogP contribution in [0.25, 0.3) is 0 Å². The topological polar surface area (TPSA) is 49.4 Å². The van der Waals surface area contributed by atoms with E-state index in [2.05, 4.69) is 5.32 Å². The van der Waals surface area contributed by atoms with Gasteiger partial charge >= 0.3 is 0 Å². The number of hydrogen-bond acceptors (Lipinski definition) is 2. The number of aryl methyl sites for hydroxylation is 2. The lowest BCUT2D eigenvalue weighted by Gasteiger charge is -2.13. The zero-order valence-corrected chi connectivity index (χ0v) is 22.1. The van der Waals surface area contributed by atoms with E-state index in [0.29, 0.717) is 57.3 Å². The maximum atomic E-state index is 12.9. The third-order valence-corrected chi connectivity index (χ3v) is 7.43. The van der Waals surface area contributed by atoms with E-state index in [1.807, 2.05) is 31.2 Å². The van der Waals surface area contributed by atoms with Crippen molar-refractivity contribution in [3.05, 3.63) is 78.8 Å². The number of unbranched alkanes of at least 4 members (excludes halogenated alkanes) is 1. The molecule has 0 saturated heterocycles. The van der Waals surface area contributed by atoms with Crippen LogP contribution in [0.2, 0.25) is 20.1 Å². The van der Waals surface area contributed by atoms with Crippen molar-refractivity contribution < 1.29 is 9.59 Å². The second kappa shape index (κ2) is 12.8. The highest BCUT2D eigenvalue weighted by atomic mass is 35.5. The first kappa shape index (κ1) is 26.9. The molecule has 1 aliphatic rings. The Labute approximate surface area is 221 Å². The van der Waals surface area contributed by atoms with Gasteiger partial charge in [-0.2, -0.15) is 0 Å². The van der Waals surface area contributed by atoms with Gasteiger partial charge in [-0.1, -0.05) is 58.5 Å². The van der Waals surface area contributed by atoms with E-state index in [-0.39, 0.29) is 11.8 Å². The first-order chi connectivity index (χ1) is 16.3. The second-order valence-corrected chi connectivity index (χ2v) is 9.97. The molecule has 0 spiro atoms. The van der Waals surface area contributed by atoms with Gasteiger partial charge in [0.2, 0.25) is 5.91 Å². The summed E-state index contributed by atoms with van der Waals surface area (Å²) in [5.41, 5.74) is 3.41. The summed E-state index contributed by atoms with van der Waals surface area (Å²) in [5, 5.41) is 5.13. The van der Waals surface area contributed by atoms with Crippen molar-refractivity contribution >= 4 is 58.2 Å². The smallest absolute Gasteiger partial charge is 0.250 e. The summed E-state index contributed by atoms with van der Waals surface area (Å²) >= 11 is 24.1. The lowest BCUT2D eigenvalue weighted by molar-refractivity contribution is -0.125. The number of carbonyl (C=O) groups is 2. The van der Waals surface area contributed by atoms with Crippen LogP contribution >= 0.6 is 46.4 Å². The maximum absolute atomic E-state index is 12.9. The summed E-state index contributed by atoms with van der Waals surface area (Å²) in [4.78, 5) is 27.4. The minimum atomic E-state index is -0.155. The Morgan fingerprint density at radius 1 is 0.853 bits per heavy atom. The lowest BCUT2D eigenvalue weighted by Crippen LogP contribution is -2.30. The molecule has 4 nitrogen and oxygen atoms in total. The van der Waals surface area contributed by atoms with Crippen LogP contribution in [0.4, 0.5) is 0 Å². The number of halogens is 4. The molecule has 2 amide bonds. The monoisotopic (exact) mass is 540 g/mol. The van der Waals surface area contributed by atoms with Gasteiger partial charge in [-0.15, -0.1) is 0 Å². The van der Waals surface area contributed by atoms with Gasteiger partial charge in [0.15, 0.2) is 0 Å². The fourth-order valence-electron chi connectivity index (χ4n) is 4.02. The van der Waals surface area contributed by atoms with E-state index in [4.69, 9.17) is 46.4 Å². The first-order valence-corrected chi connectivity index (χ1v) is 13.0. The van der Waals surface area contributed by atoms with E-state index < -0.39 is 0 Å². The second-order valence-electron chi connectivity index (χ2n) is 8.34. The number of hydrogen-bond donors (Lipinski definition) is 1. The summed E-state index contributed by atoms with van der Waals surface area (Å²) in [6.45, 7) is 3.40. The Morgan fingerprint density at radius 2 is 1.41 bits per heavy atom. The molecule has 0 radical (unpaired) electrons. The van der Waals surface area contributed by atoms with Crippen molar-refractivity contribution in [3.8, 4) is 0 Å². The molecule has 1 N–H and O–H groups in total. The average molecular weight is 542 g/mol. The van der Waals surface area contributed by atoms with Crippen LogP contribution in [0.3, 0.4) is 0 Å². The molecular formula is C26H28Cl4N2O2. The highest BCUT2D eigenvalue weighted by Crippen LogP contribution is 2.26. The number of carbonyl (C=O) groups excluding carboxylic acids is 2. The van der Waals surface area contributed by atoms with Gasteiger partial charge in [-0.3, -0.25) is 9.59 Å². The van der Waals surface area contributed by atoms with Crippen molar-refractivity contribution in [3.63, 3.8) is 0 Å². The van der Waals surface area contributed by atoms with Crippen LogP contribution < -0.4 is 5.32 Å². The summed E-state index contributed by atoms with van der Waals surface area (Å²) in [6, 6.07) is 11.2. The van der Waals surface area contributed by atoms with Crippen LogP contribution in [0.15, 0.2) is 47.5 Å². The maximum Gasteiger partial charge on any atom is 0.250 e. The van der Waals surface area contributed by atoms with Crippen LogP contribution in [0, 0.1) is 0 Å². The largest absolute Gasteiger partial charge is 0.352 e.